The first-order chi connectivity index (χ1) is 9.10. The second-order valence-electron chi connectivity index (χ2n) is 4.60. The third-order valence-corrected chi connectivity index (χ3v) is 3.04. The summed E-state index contributed by atoms with van der Waals surface area (Å²) in [5.74, 6) is -0.0780. The fraction of sp³-hybridized carbons (Fsp3) is 0.188. The van der Waals surface area contributed by atoms with E-state index in [1.165, 1.54) is 0 Å². The van der Waals surface area contributed by atoms with Crippen LogP contribution in [0.5, 0.6) is 0 Å². The van der Waals surface area contributed by atoms with Gasteiger partial charge in [-0.25, -0.2) is 0 Å². The molecule has 2 rings (SSSR count). The summed E-state index contributed by atoms with van der Waals surface area (Å²) in [6, 6.07) is 13.5. The highest BCUT2D eigenvalue weighted by Gasteiger charge is 2.09. The first kappa shape index (κ1) is 13.1. The van der Waals surface area contributed by atoms with Crippen LogP contribution in [0.1, 0.15) is 21.5 Å². The van der Waals surface area contributed by atoms with Crippen molar-refractivity contribution in [3.63, 3.8) is 0 Å². The Balaban J connectivity index is 2.20. The summed E-state index contributed by atoms with van der Waals surface area (Å²) in [4.78, 5) is 12.2. The Labute approximate surface area is 113 Å². The van der Waals surface area contributed by atoms with Crippen molar-refractivity contribution in [3.8, 4) is 0 Å². The lowest BCUT2D eigenvalue weighted by Gasteiger charge is -2.10. The number of carbonyl (C=O) groups excluding carboxylic acids is 1. The molecule has 0 aliphatic carbocycles. The third kappa shape index (κ3) is 3.13. The van der Waals surface area contributed by atoms with E-state index < -0.39 is 0 Å². The van der Waals surface area contributed by atoms with Gasteiger partial charge in [-0.3, -0.25) is 4.79 Å². The number of hydrogen-bond donors (Lipinski definition) is 2. The van der Waals surface area contributed by atoms with Gasteiger partial charge in [0.15, 0.2) is 0 Å². The molecule has 0 unspecified atom stereocenters. The number of benzene rings is 2. The molecule has 0 saturated heterocycles. The molecule has 0 atom stereocenters. The first-order valence-corrected chi connectivity index (χ1v) is 6.26. The lowest BCUT2D eigenvalue weighted by molar-refractivity contribution is 0.102. The van der Waals surface area contributed by atoms with Crippen molar-refractivity contribution in [2.24, 2.45) is 0 Å². The molecule has 2 N–H and O–H groups in total. The van der Waals surface area contributed by atoms with E-state index in [0.29, 0.717) is 5.56 Å². The molecule has 3 heteroatoms. The molecule has 98 valence electrons. The van der Waals surface area contributed by atoms with Gasteiger partial charge in [0.2, 0.25) is 0 Å². The molecule has 2 aromatic rings. The zero-order valence-electron chi connectivity index (χ0n) is 11.4. The van der Waals surface area contributed by atoms with Crippen molar-refractivity contribution in [1.82, 2.24) is 0 Å². The van der Waals surface area contributed by atoms with E-state index in [2.05, 4.69) is 10.6 Å². The van der Waals surface area contributed by atoms with Crippen molar-refractivity contribution >= 4 is 17.3 Å². The Morgan fingerprint density at radius 3 is 2.42 bits per heavy atom. The van der Waals surface area contributed by atoms with Crippen molar-refractivity contribution in [3.05, 3.63) is 59.2 Å². The van der Waals surface area contributed by atoms with Crippen LogP contribution in [0.3, 0.4) is 0 Å². The van der Waals surface area contributed by atoms with Crippen molar-refractivity contribution < 1.29 is 4.79 Å². The summed E-state index contributed by atoms with van der Waals surface area (Å²) in [5.41, 5.74) is 4.60. The van der Waals surface area contributed by atoms with Gasteiger partial charge in [0.25, 0.3) is 5.91 Å². The lowest BCUT2D eigenvalue weighted by Crippen LogP contribution is -2.13. The van der Waals surface area contributed by atoms with E-state index in [9.17, 15) is 4.79 Å². The number of hydrogen-bond acceptors (Lipinski definition) is 2. The van der Waals surface area contributed by atoms with E-state index >= 15 is 0 Å². The van der Waals surface area contributed by atoms with E-state index in [-0.39, 0.29) is 5.91 Å². The van der Waals surface area contributed by atoms with Crippen molar-refractivity contribution in [2.45, 2.75) is 13.8 Å². The summed E-state index contributed by atoms with van der Waals surface area (Å²) >= 11 is 0. The smallest absolute Gasteiger partial charge is 0.255 e. The highest BCUT2D eigenvalue weighted by molar-refractivity contribution is 6.05. The van der Waals surface area contributed by atoms with Crippen LogP contribution in [0, 0.1) is 13.8 Å². The number of rotatable bonds is 3. The molecule has 0 aliphatic rings. The first-order valence-electron chi connectivity index (χ1n) is 6.26. The zero-order chi connectivity index (χ0) is 13.8. The predicted molar refractivity (Wildman–Crippen MR) is 79.9 cm³/mol. The summed E-state index contributed by atoms with van der Waals surface area (Å²) in [6.45, 7) is 3.94. The molecular weight excluding hydrogens is 236 g/mol. The van der Waals surface area contributed by atoms with E-state index in [4.69, 9.17) is 0 Å². The Morgan fingerprint density at radius 1 is 1.00 bits per heavy atom. The van der Waals surface area contributed by atoms with E-state index in [0.717, 1.165) is 22.5 Å². The molecular formula is C16H18N2O. The highest BCUT2D eigenvalue weighted by Crippen LogP contribution is 2.17. The van der Waals surface area contributed by atoms with Gasteiger partial charge in [-0.15, -0.1) is 0 Å². The van der Waals surface area contributed by atoms with E-state index in [1.54, 1.807) is 0 Å². The highest BCUT2D eigenvalue weighted by atomic mass is 16.1. The second kappa shape index (κ2) is 5.57. The molecule has 0 heterocycles. The van der Waals surface area contributed by atoms with Gasteiger partial charge in [0, 0.05) is 24.0 Å². The number of nitrogens with one attached hydrogen (secondary N) is 2. The molecule has 0 saturated carbocycles. The predicted octanol–water partition coefficient (Wildman–Crippen LogP) is 3.60. The molecule has 0 radical (unpaired) electrons. The summed E-state index contributed by atoms with van der Waals surface area (Å²) in [6.07, 6.45) is 0. The lowest BCUT2D eigenvalue weighted by atomic mass is 10.1. The molecule has 0 fully saturated rings. The molecule has 2 aromatic carbocycles. The normalized spacial score (nSPS) is 10.1. The number of carbonyl (C=O) groups is 1. The quantitative estimate of drug-likeness (QED) is 0.878. The molecule has 0 aliphatic heterocycles. The van der Waals surface area contributed by atoms with Crippen LogP contribution < -0.4 is 10.6 Å². The minimum atomic E-state index is -0.0780. The molecule has 0 bridgehead atoms. The SMILES string of the molecule is CNc1ccc(C(=O)Nc2cccc(C)c2)c(C)c1. The van der Waals surface area contributed by atoms with Gasteiger partial charge in [-0.2, -0.15) is 0 Å². The molecule has 3 nitrogen and oxygen atoms in total. The monoisotopic (exact) mass is 254 g/mol. The van der Waals surface area contributed by atoms with E-state index in [1.807, 2.05) is 63.4 Å². The number of anilines is 2. The maximum atomic E-state index is 12.2. The third-order valence-electron chi connectivity index (χ3n) is 3.04. The maximum Gasteiger partial charge on any atom is 0.255 e. The Bertz CT molecular complexity index is 605. The Hall–Kier alpha value is -2.29. The van der Waals surface area contributed by atoms with Crippen LogP contribution in [0.15, 0.2) is 42.5 Å². The standard InChI is InChI=1S/C16H18N2O/c1-11-5-4-6-14(9-11)18-16(19)15-8-7-13(17-3)10-12(15)2/h4-10,17H,1-3H3,(H,18,19). The minimum absolute atomic E-state index is 0.0780. The van der Waals surface area contributed by atoms with Crippen LogP contribution in [-0.2, 0) is 0 Å². The second-order valence-corrected chi connectivity index (χ2v) is 4.60. The van der Waals surface area contributed by atoms with Crippen molar-refractivity contribution in [1.29, 1.82) is 0 Å². The Morgan fingerprint density at radius 2 is 1.79 bits per heavy atom. The van der Waals surface area contributed by atoms with Crippen LogP contribution in [0.25, 0.3) is 0 Å². The molecule has 0 aromatic heterocycles. The molecule has 1 amide bonds. The minimum Gasteiger partial charge on any atom is -0.388 e. The zero-order valence-corrected chi connectivity index (χ0v) is 11.4. The summed E-state index contributed by atoms with van der Waals surface area (Å²) in [7, 11) is 1.86. The van der Waals surface area contributed by atoms with Gasteiger partial charge in [-0.1, -0.05) is 12.1 Å². The van der Waals surface area contributed by atoms with Gasteiger partial charge in [0.05, 0.1) is 0 Å². The van der Waals surface area contributed by atoms with Crippen LogP contribution >= 0.6 is 0 Å². The van der Waals surface area contributed by atoms with Crippen molar-refractivity contribution in [2.75, 3.05) is 17.7 Å². The van der Waals surface area contributed by atoms with Gasteiger partial charge in [0.1, 0.15) is 0 Å². The average Bonchev–Trinajstić information content (AvgIpc) is 2.38. The number of aryl methyl sites for hydroxylation is 2. The summed E-state index contributed by atoms with van der Waals surface area (Å²) < 4.78 is 0. The average molecular weight is 254 g/mol. The fourth-order valence-electron chi connectivity index (χ4n) is 2.00. The van der Waals surface area contributed by atoms with Crippen LogP contribution in [-0.4, -0.2) is 13.0 Å². The number of amides is 1. The molecule has 0 spiro atoms. The molecule has 19 heavy (non-hydrogen) atoms. The van der Waals surface area contributed by atoms with Gasteiger partial charge in [-0.05, 0) is 55.3 Å². The van der Waals surface area contributed by atoms with Crippen LogP contribution in [0.4, 0.5) is 11.4 Å². The van der Waals surface area contributed by atoms with Gasteiger partial charge >= 0.3 is 0 Å². The fourth-order valence-corrected chi connectivity index (χ4v) is 2.00. The van der Waals surface area contributed by atoms with Crippen LogP contribution in [0.2, 0.25) is 0 Å². The topological polar surface area (TPSA) is 41.1 Å². The Kier molecular flexibility index (Phi) is 3.85. The van der Waals surface area contributed by atoms with Gasteiger partial charge < -0.3 is 10.6 Å². The summed E-state index contributed by atoms with van der Waals surface area (Å²) in [5, 5.41) is 5.98. The maximum absolute atomic E-state index is 12.2. The largest absolute Gasteiger partial charge is 0.388 e.